The molecule has 1 amide bonds. The van der Waals surface area contributed by atoms with Gasteiger partial charge in [0.1, 0.15) is 0 Å². The Morgan fingerprint density at radius 3 is 2.62 bits per heavy atom. The van der Waals surface area contributed by atoms with Gasteiger partial charge in [0, 0.05) is 22.9 Å². The predicted octanol–water partition coefficient (Wildman–Crippen LogP) is 6.15. The fourth-order valence-electron chi connectivity index (χ4n) is 3.30. The monoisotopic (exact) mass is 341 g/mol. The van der Waals surface area contributed by atoms with E-state index in [9.17, 15) is 4.79 Å². The second-order valence-corrected chi connectivity index (χ2v) is 6.67. The molecule has 0 saturated heterocycles. The molecule has 1 aromatic carbocycles. The van der Waals surface area contributed by atoms with Gasteiger partial charge in [0.25, 0.3) is 0 Å². The van der Waals surface area contributed by atoms with Gasteiger partial charge in [0.05, 0.1) is 0 Å². The zero-order valence-corrected chi connectivity index (χ0v) is 16.1. The smallest absolute Gasteiger partial charge is 0.225 e. The number of thiophene rings is 1. The quantitative estimate of drug-likeness (QED) is 0.712. The van der Waals surface area contributed by atoms with E-state index in [-0.39, 0.29) is 11.8 Å². The molecular formula is C21H27NOS. The number of hydrogen-bond acceptors (Lipinski definition) is 2. The maximum atomic E-state index is 12.3. The van der Waals surface area contributed by atoms with Crippen molar-refractivity contribution in [3.8, 4) is 0 Å². The van der Waals surface area contributed by atoms with Gasteiger partial charge in [-0.2, -0.15) is 0 Å². The average molecular weight is 342 g/mol. The summed E-state index contributed by atoms with van der Waals surface area (Å²) >= 11 is 1.76. The fourth-order valence-corrected chi connectivity index (χ4v) is 4.35. The van der Waals surface area contributed by atoms with Crippen LogP contribution in [0.15, 0.2) is 29.7 Å². The van der Waals surface area contributed by atoms with E-state index in [1.165, 1.54) is 27.1 Å². The Labute approximate surface area is 149 Å². The third kappa shape index (κ3) is 3.46. The third-order valence-electron chi connectivity index (χ3n) is 4.33. The molecule has 0 spiro atoms. The van der Waals surface area contributed by atoms with Crippen LogP contribution in [0.1, 0.15) is 67.2 Å². The highest BCUT2D eigenvalue weighted by Crippen LogP contribution is 2.43. The summed E-state index contributed by atoms with van der Waals surface area (Å²) in [7, 11) is 0. The summed E-state index contributed by atoms with van der Waals surface area (Å²) in [6, 6.07) is 6.51. The van der Waals surface area contributed by atoms with Crippen molar-refractivity contribution in [3.05, 3.63) is 56.8 Å². The molecule has 1 aromatic heterocycles. The Hall–Kier alpha value is -1.87. The lowest BCUT2D eigenvalue weighted by molar-refractivity contribution is -0.116. The number of amides is 1. The number of rotatable bonds is 3. The molecule has 3 rings (SSSR count). The molecule has 3 heteroatoms. The maximum Gasteiger partial charge on any atom is 0.225 e. The number of allylic oxidation sites excluding steroid dienone is 1. The first-order valence-corrected chi connectivity index (χ1v) is 9.66. The van der Waals surface area contributed by atoms with Crippen LogP contribution in [0.25, 0.3) is 6.08 Å². The van der Waals surface area contributed by atoms with E-state index in [1.807, 2.05) is 26.8 Å². The van der Waals surface area contributed by atoms with Crippen LogP contribution in [0.4, 0.5) is 5.69 Å². The van der Waals surface area contributed by atoms with Crippen LogP contribution >= 0.6 is 11.3 Å². The lowest BCUT2D eigenvalue weighted by Gasteiger charge is -2.28. The average Bonchev–Trinajstić information content (AvgIpc) is 3.02. The fraction of sp³-hybridized carbons (Fsp3) is 0.381. The normalized spacial score (nSPS) is 16.4. The first kappa shape index (κ1) is 18.5. The molecule has 0 radical (unpaired) electrons. The SMILES string of the molecule is C/C=C\c1ccc2c(c1CC)NC(=O)CC2c1sccc1C.CC. The van der Waals surface area contributed by atoms with Crippen LogP contribution in [-0.4, -0.2) is 5.91 Å². The van der Waals surface area contributed by atoms with Crippen LogP contribution in [0.2, 0.25) is 0 Å². The van der Waals surface area contributed by atoms with Gasteiger partial charge in [-0.15, -0.1) is 11.3 Å². The molecule has 1 aliphatic rings. The Morgan fingerprint density at radius 1 is 1.29 bits per heavy atom. The summed E-state index contributed by atoms with van der Waals surface area (Å²) in [4.78, 5) is 13.6. The Morgan fingerprint density at radius 2 is 2.04 bits per heavy atom. The van der Waals surface area contributed by atoms with Crippen molar-refractivity contribution in [1.29, 1.82) is 0 Å². The number of benzene rings is 1. The van der Waals surface area contributed by atoms with E-state index in [2.05, 4.69) is 48.8 Å². The molecule has 2 nitrogen and oxygen atoms in total. The molecule has 128 valence electrons. The van der Waals surface area contributed by atoms with Crippen LogP contribution in [-0.2, 0) is 11.2 Å². The van der Waals surface area contributed by atoms with Crippen LogP contribution < -0.4 is 5.32 Å². The van der Waals surface area contributed by atoms with Crippen LogP contribution in [0, 0.1) is 6.92 Å². The van der Waals surface area contributed by atoms with Crippen molar-refractivity contribution in [3.63, 3.8) is 0 Å². The number of carbonyl (C=O) groups excluding carboxylic acids is 1. The molecule has 0 fully saturated rings. The van der Waals surface area contributed by atoms with Gasteiger partial charge in [-0.1, -0.05) is 45.1 Å². The van der Waals surface area contributed by atoms with E-state index in [4.69, 9.17) is 0 Å². The number of anilines is 1. The van der Waals surface area contributed by atoms with Crippen molar-refractivity contribution in [2.24, 2.45) is 0 Å². The van der Waals surface area contributed by atoms with Gasteiger partial charge in [0.2, 0.25) is 5.91 Å². The van der Waals surface area contributed by atoms with Gasteiger partial charge in [-0.3, -0.25) is 4.79 Å². The zero-order valence-electron chi connectivity index (χ0n) is 15.3. The lowest BCUT2D eigenvalue weighted by atomic mass is 9.84. The van der Waals surface area contributed by atoms with Crippen molar-refractivity contribution in [1.82, 2.24) is 0 Å². The van der Waals surface area contributed by atoms with Crippen molar-refractivity contribution < 1.29 is 4.79 Å². The summed E-state index contributed by atoms with van der Waals surface area (Å²) in [5.74, 6) is 0.311. The zero-order chi connectivity index (χ0) is 17.7. The van der Waals surface area contributed by atoms with E-state index in [1.54, 1.807) is 11.3 Å². The Bertz CT molecular complexity index is 742. The number of aryl methyl sites for hydroxylation is 1. The highest BCUT2D eigenvalue weighted by molar-refractivity contribution is 7.10. The molecule has 1 aliphatic heterocycles. The molecule has 1 atom stereocenters. The largest absolute Gasteiger partial charge is 0.326 e. The van der Waals surface area contributed by atoms with E-state index < -0.39 is 0 Å². The van der Waals surface area contributed by atoms with Crippen molar-refractivity contribution in [2.45, 2.75) is 53.4 Å². The first-order valence-electron chi connectivity index (χ1n) is 8.78. The minimum atomic E-state index is 0.123. The molecule has 0 bridgehead atoms. The topological polar surface area (TPSA) is 29.1 Å². The molecule has 1 N–H and O–H groups in total. The Kier molecular flexibility index (Phi) is 6.38. The molecule has 24 heavy (non-hydrogen) atoms. The first-order chi connectivity index (χ1) is 11.7. The summed E-state index contributed by atoms with van der Waals surface area (Å²) in [5.41, 5.74) is 6.02. The van der Waals surface area contributed by atoms with Crippen molar-refractivity contribution in [2.75, 3.05) is 5.32 Å². The van der Waals surface area contributed by atoms with Gasteiger partial charge in [-0.25, -0.2) is 0 Å². The van der Waals surface area contributed by atoms with E-state index >= 15 is 0 Å². The lowest BCUT2D eigenvalue weighted by Crippen LogP contribution is -2.24. The van der Waals surface area contributed by atoms with Crippen LogP contribution in [0.5, 0.6) is 0 Å². The molecule has 0 aliphatic carbocycles. The Balaban J connectivity index is 0.00000100. The summed E-state index contributed by atoms with van der Waals surface area (Å²) < 4.78 is 0. The van der Waals surface area contributed by atoms with Gasteiger partial charge < -0.3 is 5.32 Å². The number of carbonyl (C=O) groups is 1. The molecule has 2 aromatic rings. The van der Waals surface area contributed by atoms with E-state index in [0.29, 0.717) is 6.42 Å². The highest BCUT2D eigenvalue weighted by Gasteiger charge is 2.30. The van der Waals surface area contributed by atoms with E-state index in [0.717, 1.165) is 12.1 Å². The van der Waals surface area contributed by atoms with Crippen LogP contribution in [0.3, 0.4) is 0 Å². The van der Waals surface area contributed by atoms with Gasteiger partial charge in [-0.05, 0) is 54.0 Å². The molecule has 2 heterocycles. The maximum absolute atomic E-state index is 12.3. The number of fused-ring (bicyclic) bond motifs is 1. The molecular weight excluding hydrogens is 314 g/mol. The van der Waals surface area contributed by atoms with Crippen molar-refractivity contribution >= 4 is 29.0 Å². The molecule has 0 saturated carbocycles. The minimum absolute atomic E-state index is 0.123. The second kappa shape index (κ2) is 8.29. The number of nitrogens with one attached hydrogen (secondary N) is 1. The summed E-state index contributed by atoms with van der Waals surface area (Å²) in [6.45, 7) is 10.3. The highest BCUT2D eigenvalue weighted by atomic mass is 32.1. The standard InChI is InChI=1S/C19H21NOS.C2H6/c1-4-6-13-7-8-15-16(19-12(3)9-10-22-19)11-17(21)20-18(15)14(13)5-2;1-2/h4,6-10,16H,5,11H2,1-3H3,(H,20,21);1-2H3/b6-4-;. The summed E-state index contributed by atoms with van der Waals surface area (Å²) in [6.07, 6.45) is 5.62. The number of hydrogen-bond donors (Lipinski definition) is 1. The minimum Gasteiger partial charge on any atom is -0.326 e. The second-order valence-electron chi connectivity index (χ2n) is 5.72. The van der Waals surface area contributed by atoms with Gasteiger partial charge in [0.15, 0.2) is 0 Å². The van der Waals surface area contributed by atoms with Gasteiger partial charge >= 0.3 is 0 Å². The third-order valence-corrected chi connectivity index (χ3v) is 5.46. The predicted molar refractivity (Wildman–Crippen MR) is 106 cm³/mol. The molecule has 1 unspecified atom stereocenters. The summed E-state index contributed by atoms with van der Waals surface area (Å²) in [5, 5.41) is 5.24.